The van der Waals surface area contributed by atoms with Crippen LogP contribution < -0.4 is 0 Å². The van der Waals surface area contributed by atoms with Gasteiger partial charge in [0.25, 0.3) is 0 Å². The summed E-state index contributed by atoms with van der Waals surface area (Å²) in [5.41, 5.74) is 0.785. The highest BCUT2D eigenvalue weighted by Crippen LogP contribution is 2.23. The highest BCUT2D eigenvalue weighted by atomic mass is 35.5. The van der Waals surface area contributed by atoms with Gasteiger partial charge < -0.3 is 5.11 Å². The van der Waals surface area contributed by atoms with Crippen LogP contribution in [0.25, 0.3) is 5.69 Å². The molecule has 0 aliphatic carbocycles. The molecule has 0 saturated carbocycles. The molecule has 100 valence electrons. The van der Waals surface area contributed by atoms with E-state index in [-0.39, 0.29) is 16.5 Å². The maximum absolute atomic E-state index is 10.9. The van der Waals surface area contributed by atoms with E-state index in [9.17, 15) is 4.79 Å². The van der Waals surface area contributed by atoms with Crippen LogP contribution in [-0.2, 0) is 0 Å². The number of hydrogen-bond donors (Lipinski definition) is 1. The summed E-state index contributed by atoms with van der Waals surface area (Å²) in [4.78, 5) is 15.3. The number of rotatable bonds is 3. The minimum atomic E-state index is -1.05. The van der Waals surface area contributed by atoms with Crippen LogP contribution in [0.2, 0.25) is 5.02 Å². The minimum absolute atomic E-state index is 0.0772. The Morgan fingerprint density at radius 2 is 2.11 bits per heavy atom. The molecule has 1 heterocycles. The lowest BCUT2D eigenvalue weighted by atomic mass is 10.2. The summed E-state index contributed by atoms with van der Waals surface area (Å²) in [5, 5.41) is 13.5. The van der Waals surface area contributed by atoms with Crippen molar-refractivity contribution in [2.45, 2.75) is 26.7 Å². The van der Waals surface area contributed by atoms with Gasteiger partial charge in [0.05, 0.1) is 16.3 Å². The molecule has 0 aliphatic heterocycles. The molecule has 0 radical (unpaired) electrons. The summed E-state index contributed by atoms with van der Waals surface area (Å²) in [7, 11) is 0. The maximum Gasteiger partial charge on any atom is 0.337 e. The SMILES string of the molecule is Cc1nc(C(C)C)n(-c2ccc(C(=O)O)c(Cl)c2)n1. The average Bonchev–Trinajstić information content (AvgIpc) is 2.70. The summed E-state index contributed by atoms with van der Waals surface area (Å²) in [6, 6.07) is 4.74. The molecule has 19 heavy (non-hydrogen) atoms. The van der Waals surface area contributed by atoms with E-state index >= 15 is 0 Å². The molecule has 5 nitrogen and oxygen atoms in total. The monoisotopic (exact) mass is 279 g/mol. The predicted octanol–water partition coefficient (Wildman–Crippen LogP) is 3.05. The number of aryl methyl sites for hydroxylation is 1. The first-order valence-corrected chi connectivity index (χ1v) is 6.24. The van der Waals surface area contributed by atoms with Crippen LogP contribution in [-0.4, -0.2) is 25.8 Å². The van der Waals surface area contributed by atoms with Gasteiger partial charge in [-0.3, -0.25) is 0 Å². The Morgan fingerprint density at radius 3 is 2.63 bits per heavy atom. The Kier molecular flexibility index (Phi) is 3.57. The molecule has 0 spiro atoms. The lowest BCUT2D eigenvalue weighted by Gasteiger charge is -2.09. The largest absolute Gasteiger partial charge is 0.478 e. The smallest absolute Gasteiger partial charge is 0.337 e. The molecule has 0 atom stereocenters. The Hall–Kier alpha value is -1.88. The minimum Gasteiger partial charge on any atom is -0.478 e. The Morgan fingerprint density at radius 1 is 1.42 bits per heavy atom. The predicted molar refractivity (Wildman–Crippen MR) is 72.2 cm³/mol. The van der Waals surface area contributed by atoms with Gasteiger partial charge in [-0.05, 0) is 25.1 Å². The lowest BCUT2D eigenvalue weighted by Crippen LogP contribution is -2.06. The van der Waals surface area contributed by atoms with Crippen LogP contribution in [0.15, 0.2) is 18.2 Å². The zero-order chi connectivity index (χ0) is 14.2. The van der Waals surface area contributed by atoms with E-state index in [1.54, 1.807) is 16.8 Å². The van der Waals surface area contributed by atoms with Crippen LogP contribution in [0.1, 0.15) is 41.8 Å². The number of carbonyl (C=O) groups is 1. The molecule has 6 heteroatoms. The molecule has 0 amide bonds. The van der Waals surface area contributed by atoms with Crippen molar-refractivity contribution < 1.29 is 9.90 Å². The highest BCUT2D eigenvalue weighted by Gasteiger charge is 2.15. The molecular formula is C13H14ClN3O2. The van der Waals surface area contributed by atoms with Gasteiger partial charge in [0.1, 0.15) is 11.6 Å². The zero-order valence-corrected chi connectivity index (χ0v) is 11.6. The normalized spacial score (nSPS) is 11.0. The third kappa shape index (κ3) is 2.61. The van der Waals surface area contributed by atoms with E-state index in [2.05, 4.69) is 10.1 Å². The van der Waals surface area contributed by atoms with Gasteiger partial charge in [0, 0.05) is 5.92 Å². The third-order valence-corrected chi connectivity index (χ3v) is 2.99. The number of benzene rings is 1. The van der Waals surface area contributed by atoms with Crippen LogP contribution in [0.4, 0.5) is 0 Å². The van der Waals surface area contributed by atoms with Crippen molar-refractivity contribution in [2.24, 2.45) is 0 Å². The highest BCUT2D eigenvalue weighted by molar-refractivity contribution is 6.33. The number of hydrogen-bond acceptors (Lipinski definition) is 3. The van der Waals surface area contributed by atoms with Gasteiger partial charge >= 0.3 is 5.97 Å². The Bertz CT molecular complexity index is 635. The van der Waals surface area contributed by atoms with Crippen molar-refractivity contribution >= 4 is 17.6 Å². The number of carboxylic acid groups (broad SMARTS) is 1. The second-order valence-electron chi connectivity index (χ2n) is 4.55. The van der Waals surface area contributed by atoms with Gasteiger partial charge in [-0.2, -0.15) is 5.10 Å². The maximum atomic E-state index is 10.9. The molecule has 1 N–H and O–H groups in total. The van der Waals surface area contributed by atoms with Crippen LogP contribution in [0.3, 0.4) is 0 Å². The van der Waals surface area contributed by atoms with Crippen LogP contribution in [0.5, 0.6) is 0 Å². The molecule has 0 saturated heterocycles. The van der Waals surface area contributed by atoms with Gasteiger partial charge in [-0.15, -0.1) is 0 Å². The number of halogens is 1. The van der Waals surface area contributed by atoms with Crippen LogP contribution >= 0.6 is 11.6 Å². The fraction of sp³-hybridized carbons (Fsp3) is 0.308. The molecule has 0 aliphatic rings. The average molecular weight is 280 g/mol. The van der Waals surface area contributed by atoms with E-state index in [4.69, 9.17) is 16.7 Å². The lowest BCUT2D eigenvalue weighted by molar-refractivity contribution is 0.0697. The second kappa shape index (κ2) is 5.01. The topological polar surface area (TPSA) is 68.0 Å². The molecule has 0 fully saturated rings. The van der Waals surface area contributed by atoms with E-state index < -0.39 is 5.97 Å². The summed E-state index contributed by atoms with van der Waals surface area (Å²) >= 11 is 5.97. The van der Waals surface area contributed by atoms with Gasteiger partial charge in [0.2, 0.25) is 0 Å². The molecule has 0 bridgehead atoms. The molecule has 0 unspecified atom stereocenters. The Balaban J connectivity index is 2.54. The van der Waals surface area contributed by atoms with E-state index in [1.807, 2.05) is 20.8 Å². The third-order valence-electron chi connectivity index (χ3n) is 2.68. The summed E-state index contributed by atoms with van der Waals surface area (Å²) in [6.45, 7) is 5.86. The van der Waals surface area contributed by atoms with Crippen molar-refractivity contribution in [1.82, 2.24) is 14.8 Å². The summed E-state index contributed by atoms with van der Waals surface area (Å²) in [6.07, 6.45) is 0. The van der Waals surface area contributed by atoms with Gasteiger partial charge in [-0.25, -0.2) is 14.5 Å². The zero-order valence-electron chi connectivity index (χ0n) is 10.9. The van der Waals surface area contributed by atoms with Crippen molar-refractivity contribution in [3.05, 3.63) is 40.4 Å². The van der Waals surface area contributed by atoms with Gasteiger partial charge in [0.15, 0.2) is 0 Å². The standard InChI is InChI=1S/C13H14ClN3O2/c1-7(2)12-15-8(3)16-17(12)9-4-5-10(13(18)19)11(14)6-9/h4-7H,1-3H3,(H,18,19). The van der Waals surface area contributed by atoms with Crippen molar-refractivity contribution in [3.8, 4) is 5.69 Å². The first-order valence-electron chi connectivity index (χ1n) is 5.87. The van der Waals surface area contributed by atoms with E-state index in [0.29, 0.717) is 11.5 Å². The van der Waals surface area contributed by atoms with Crippen molar-refractivity contribution in [3.63, 3.8) is 0 Å². The van der Waals surface area contributed by atoms with Crippen molar-refractivity contribution in [1.29, 1.82) is 0 Å². The molecule has 1 aromatic carbocycles. The molecular weight excluding hydrogens is 266 g/mol. The quantitative estimate of drug-likeness (QED) is 0.937. The number of aromatic nitrogens is 3. The fourth-order valence-corrected chi connectivity index (χ4v) is 2.06. The number of carboxylic acids is 1. The summed E-state index contributed by atoms with van der Waals surface area (Å²) < 4.78 is 1.69. The number of nitrogens with zero attached hydrogens (tertiary/aromatic N) is 3. The van der Waals surface area contributed by atoms with E-state index in [1.165, 1.54) is 6.07 Å². The second-order valence-corrected chi connectivity index (χ2v) is 4.96. The molecule has 2 rings (SSSR count). The van der Waals surface area contributed by atoms with Crippen molar-refractivity contribution in [2.75, 3.05) is 0 Å². The van der Waals surface area contributed by atoms with Crippen LogP contribution in [0, 0.1) is 6.92 Å². The summed E-state index contributed by atoms with van der Waals surface area (Å²) in [5.74, 6) is 0.647. The first-order chi connectivity index (χ1) is 8.90. The van der Waals surface area contributed by atoms with Gasteiger partial charge in [-0.1, -0.05) is 25.4 Å². The molecule has 2 aromatic rings. The number of aromatic carboxylic acids is 1. The Labute approximate surface area is 115 Å². The molecule has 1 aromatic heterocycles. The fourth-order valence-electron chi connectivity index (χ4n) is 1.80. The van der Waals surface area contributed by atoms with E-state index in [0.717, 1.165) is 5.82 Å². The first kappa shape index (κ1) is 13.5.